The summed E-state index contributed by atoms with van der Waals surface area (Å²) in [6, 6.07) is 17.3. The highest BCUT2D eigenvalue weighted by molar-refractivity contribution is 7.99. The molecule has 3 rings (SSSR count). The van der Waals surface area contributed by atoms with Gasteiger partial charge in [0.1, 0.15) is 5.75 Å². The molecule has 1 saturated heterocycles. The molecular weight excluding hydrogens is 362 g/mol. The van der Waals surface area contributed by atoms with Crippen LogP contribution >= 0.6 is 11.8 Å². The van der Waals surface area contributed by atoms with Crippen LogP contribution in [0.3, 0.4) is 0 Å². The molecule has 1 N–H and O–H groups in total. The van der Waals surface area contributed by atoms with Crippen LogP contribution in [0.5, 0.6) is 5.75 Å². The lowest BCUT2D eigenvalue weighted by molar-refractivity contribution is -0.141. The van der Waals surface area contributed by atoms with Crippen LogP contribution in [0.25, 0.3) is 0 Å². The largest absolute Gasteiger partial charge is 0.497 e. The minimum absolute atomic E-state index is 0.0145. The number of carboxylic acids is 1. The second-order valence-electron chi connectivity index (χ2n) is 6.53. The van der Waals surface area contributed by atoms with Crippen molar-refractivity contribution in [1.29, 1.82) is 0 Å². The lowest BCUT2D eigenvalue weighted by Gasteiger charge is -2.16. The maximum Gasteiger partial charge on any atom is 0.308 e. The van der Waals surface area contributed by atoms with Gasteiger partial charge in [0.15, 0.2) is 0 Å². The van der Waals surface area contributed by atoms with E-state index in [0.717, 1.165) is 16.2 Å². The topological polar surface area (TPSA) is 66.8 Å². The van der Waals surface area contributed by atoms with E-state index < -0.39 is 11.9 Å². The third-order valence-corrected chi connectivity index (χ3v) is 5.88. The number of amides is 1. The molecular formula is C21H23NO4S. The molecule has 2 atom stereocenters. The number of rotatable bonds is 7. The summed E-state index contributed by atoms with van der Waals surface area (Å²) >= 11 is 1.61. The molecule has 5 nitrogen and oxygen atoms in total. The maximum absolute atomic E-state index is 12.6. The van der Waals surface area contributed by atoms with Gasteiger partial charge in [0.2, 0.25) is 5.91 Å². The first-order valence-corrected chi connectivity index (χ1v) is 9.89. The fourth-order valence-corrected chi connectivity index (χ4v) is 4.22. The van der Waals surface area contributed by atoms with Gasteiger partial charge in [-0.1, -0.05) is 30.3 Å². The van der Waals surface area contributed by atoms with E-state index in [-0.39, 0.29) is 18.4 Å². The molecule has 1 fully saturated rings. The Kier molecular flexibility index (Phi) is 6.40. The van der Waals surface area contributed by atoms with Crippen LogP contribution in [0.1, 0.15) is 17.9 Å². The van der Waals surface area contributed by atoms with E-state index >= 15 is 0 Å². The van der Waals surface area contributed by atoms with Gasteiger partial charge in [0, 0.05) is 36.1 Å². The lowest BCUT2D eigenvalue weighted by Crippen LogP contribution is -2.30. The molecule has 1 aliphatic rings. The van der Waals surface area contributed by atoms with Crippen molar-refractivity contribution in [1.82, 2.24) is 4.90 Å². The predicted octanol–water partition coefficient (Wildman–Crippen LogP) is 3.50. The van der Waals surface area contributed by atoms with E-state index in [1.54, 1.807) is 23.8 Å². The summed E-state index contributed by atoms with van der Waals surface area (Å²) in [6.45, 7) is 0.744. The number of hydrogen-bond acceptors (Lipinski definition) is 4. The van der Waals surface area contributed by atoms with Crippen molar-refractivity contribution in [3.63, 3.8) is 0 Å². The van der Waals surface area contributed by atoms with Crippen molar-refractivity contribution in [2.45, 2.75) is 17.2 Å². The van der Waals surface area contributed by atoms with Crippen LogP contribution in [0.4, 0.5) is 0 Å². The molecule has 1 amide bonds. The zero-order chi connectivity index (χ0) is 19.2. The molecule has 0 aliphatic carbocycles. The number of nitrogens with zero attached hydrogens (tertiary/aromatic N) is 1. The average Bonchev–Trinajstić information content (AvgIpc) is 3.15. The number of carboxylic acid groups (broad SMARTS) is 1. The normalized spacial score (nSPS) is 19.1. The second kappa shape index (κ2) is 8.95. The number of aliphatic carboxylic acids is 1. The smallest absolute Gasteiger partial charge is 0.308 e. The van der Waals surface area contributed by atoms with Crippen molar-refractivity contribution in [2.24, 2.45) is 5.92 Å². The van der Waals surface area contributed by atoms with Crippen LogP contribution in [-0.2, 0) is 9.59 Å². The summed E-state index contributed by atoms with van der Waals surface area (Å²) in [7, 11) is 1.63. The highest BCUT2D eigenvalue weighted by Gasteiger charge is 2.40. The Morgan fingerprint density at radius 3 is 2.44 bits per heavy atom. The zero-order valence-electron chi connectivity index (χ0n) is 15.2. The van der Waals surface area contributed by atoms with E-state index in [4.69, 9.17) is 4.74 Å². The molecule has 6 heteroatoms. The monoisotopic (exact) mass is 385 g/mol. The summed E-state index contributed by atoms with van der Waals surface area (Å²) in [5.41, 5.74) is 0.979. The molecule has 2 aromatic rings. The van der Waals surface area contributed by atoms with Gasteiger partial charge in [-0.2, -0.15) is 0 Å². The summed E-state index contributed by atoms with van der Waals surface area (Å²) in [5.74, 6) is -0.0610. The Balaban J connectivity index is 1.55. The van der Waals surface area contributed by atoms with E-state index in [1.807, 2.05) is 54.6 Å². The number of carbonyl (C=O) groups is 2. The average molecular weight is 385 g/mol. The van der Waals surface area contributed by atoms with Crippen LogP contribution < -0.4 is 4.74 Å². The fraction of sp³-hybridized carbons (Fsp3) is 0.333. The molecule has 27 heavy (non-hydrogen) atoms. The number of likely N-dealkylation sites (tertiary alicyclic amines) is 1. The molecule has 142 valence electrons. The molecule has 0 spiro atoms. The Bertz CT molecular complexity index is 779. The van der Waals surface area contributed by atoms with Gasteiger partial charge >= 0.3 is 5.97 Å². The van der Waals surface area contributed by atoms with Crippen LogP contribution in [-0.4, -0.2) is 47.8 Å². The maximum atomic E-state index is 12.6. The number of benzene rings is 2. The molecule has 1 aliphatic heterocycles. The van der Waals surface area contributed by atoms with E-state index in [0.29, 0.717) is 18.7 Å². The molecule has 2 aromatic carbocycles. The van der Waals surface area contributed by atoms with Gasteiger partial charge in [-0.15, -0.1) is 11.8 Å². The zero-order valence-corrected chi connectivity index (χ0v) is 16.0. The van der Waals surface area contributed by atoms with Gasteiger partial charge in [0.25, 0.3) is 0 Å². The van der Waals surface area contributed by atoms with Crippen LogP contribution in [0.2, 0.25) is 0 Å². The predicted molar refractivity (Wildman–Crippen MR) is 105 cm³/mol. The molecule has 1 heterocycles. The fourth-order valence-electron chi connectivity index (χ4n) is 3.38. The number of methoxy groups -OCH3 is 1. The van der Waals surface area contributed by atoms with Crippen molar-refractivity contribution >= 4 is 23.6 Å². The van der Waals surface area contributed by atoms with Crippen LogP contribution in [0.15, 0.2) is 59.5 Å². The third-order valence-electron chi connectivity index (χ3n) is 4.86. The summed E-state index contributed by atoms with van der Waals surface area (Å²) in [4.78, 5) is 27.0. The summed E-state index contributed by atoms with van der Waals surface area (Å²) in [5, 5.41) is 9.56. The summed E-state index contributed by atoms with van der Waals surface area (Å²) in [6.07, 6.45) is 0.393. The Morgan fingerprint density at radius 2 is 1.81 bits per heavy atom. The molecule has 0 radical (unpaired) electrons. The molecule has 0 saturated carbocycles. The van der Waals surface area contributed by atoms with Gasteiger partial charge in [-0.25, -0.2) is 0 Å². The van der Waals surface area contributed by atoms with Crippen molar-refractivity contribution in [3.05, 3.63) is 60.2 Å². The molecule has 0 bridgehead atoms. The number of thioether (sulfide) groups is 1. The van der Waals surface area contributed by atoms with Gasteiger partial charge < -0.3 is 14.7 Å². The lowest BCUT2D eigenvalue weighted by atomic mass is 9.89. The van der Waals surface area contributed by atoms with Gasteiger partial charge in [-0.3, -0.25) is 9.59 Å². The standard InChI is InChI=1S/C21H23NO4S/c1-26-16-7-9-17(10-8-16)27-12-11-20(23)22-13-18(19(14-22)21(24)25)15-5-3-2-4-6-15/h2-10,18-19H,11-14H2,1H3,(H,24,25). The Morgan fingerprint density at radius 1 is 1.11 bits per heavy atom. The quantitative estimate of drug-likeness (QED) is 0.739. The van der Waals surface area contributed by atoms with Crippen molar-refractivity contribution in [2.75, 3.05) is 26.0 Å². The number of carbonyl (C=O) groups excluding carboxylic acids is 1. The molecule has 2 unspecified atom stereocenters. The van der Waals surface area contributed by atoms with Gasteiger partial charge in [0.05, 0.1) is 13.0 Å². The van der Waals surface area contributed by atoms with Crippen LogP contribution in [0, 0.1) is 5.92 Å². The molecule has 0 aromatic heterocycles. The van der Waals surface area contributed by atoms with Crippen molar-refractivity contribution in [3.8, 4) is 5.75 Å². The minimum atomic E-state index is -0.841. The first-order chi connectivity index (χ1) is 13.1. The SMILES string of the molecule is COc1ccc(SCCC(=O)N2CC(C(=O)O)C(c3ccccc3)C2)cc1. The second-order valence-corrected chi connectivity index (χ2v) is 7.70. The van der Waals surface area contributed by atoms with E-state index in [9.17, 15) is 14.7 Å². The summed E-state index contributed by atoms with van der Waals surface area (Å²) < 4.78 is 5.14. The highest BCUT2D eigenvalue weighted by atomic mass is 32.2. The number of hydrogen-bond donors (Lipinski definition) is 1. The minimum Gasteiger partial charge on any atom is -0.497 e. The number of ether oxygens (including phenoxy) is 1. The van der Waals surface area contributed by atoms with E-state index in [1.165, 1.54) is 0 Å². The Labute approximate surface area is 163 Å². The Hall–Kier alpha value is -2.47. The van der Waals surface area contributed by atoms with Gasteiger partial charge in [-0.05, 0) is 29.8 Å². The third kappa shape index (κ3) is 4.83. The van der Waals surface area contributed by atoms with Crippen molar-refractivity contribution < 1.29 is 19.4 Å². The van der Waals surface area contributed by atoms with E-state index in [2.05, 4.69) is 0 Å². The highest BCUT2D eigenvalue weighted by Crippen LogP contribution is 2.33. The first kappa shape index (κ1) is 19.3. The first-order valence-electron chi connectivity index (χ1n) is 8.91.